The minimum Gasteiger partial charge on any atom is -0.309 e. The number of aryl methyl sites for hydroxylation is 2. The summed E-state index contributed by atoms with van der Waals surface area (Å²) >= 11 is 3.56. The van der Waals surface area contributed by atoms with Gasteiger partial charge in [0, 0.05) is 17.6 Å². The van der Waals surface area contributed by atoms with Gasteiger partial charge in [-0.1, -0.05) is 52.3 Å². The van der Waals surface area contributed by atoms with Crippen molar-refractivity contribution in [2.45, 2.75) is 26.9 Å². The van der Waals surface area contributed by atoms with Gasteiger partial charge in [-0.2, -0.15) is 0 Å². The second-order valence-electron chi connectivity index (χ2n) is 4.61. The van der Waals surface area contributed by atoms with Crippen molar-refractivity contribution >= 4 is 15.9 Å². The maximum Gasteiger partial charge on any atom is 0.0220 e. The Morgan fingerprint density at radius 3 is 2.44 bits per heavy atom. The van der Waals surface area contributed by atoms with E-state index in [0.717, 1.165) is 17.6 Å². The van der Waals surface area contributed by atoms with Gasteiger partial charge in [0.05, 0.1) is 0 Å². The molecule has 0 unspecified atom stereocenters. The van der Waals surface area contributed by atoms with Crippen molar-refractivity contribution in [3.05, 3.63) is 69.2 Å². The second-order valence-corrected chi connectivity index (χ2v) is 5.47. The Balaban J connectivity index is 1.92. The number of hydrogen-bond acceptors (Lipinski definition) is 1. The Hall–Kier alpha value is -1.12. The molecule has 1 N–H and O–H groups in total. The van der Waals surface area contributed by atoms with Gasteiger partial charge in [0.15, 0.2) is 0 Å². The van der Waals surface area contributed by atoms with E-state index >= 15 is 0 Å². The third-order valence-corrected chi connectivity index (χ3v) is 3.95. The summed E-state index contributed by atoms with van der Waals surface area (Å²) in [5, 5.41) is 3.48. The molecule has 1 nitrogen and oxygen atoms in total. The Kier molecular flexibility index (Phi) is 4.56. The minimum absolute atomic E-state index is 0.883. The van der Waals surface area contributed by atoms with Crippen molar-refractivity contribution in [3.8, 4) is 0 Å². The fraction of sp³-hybridized carbons (Fsp3) is 0.250. The molecule has 0 radical (unpaired) electrons. The van der Waals surface area contributed by atoms with Crippen LogP contribution in [0.3, 0.4) is 0 Å². The van der Waals surface area contributed by atoms with Crippen LogP contribution in [0.25, 0.3) is 0 Å². The molecule has 2 rings (SSSR count). The first kappa shape index (κ1) is 13.3. The van der Waals surface area contributed by atoms with E-state index in [1.54, 1.807) is 0 Å². The van der Waals surface area contributed by atoms with Crippen molar-refractivity contribution in [2.24, 2.45) is 0 Å². The summed E-state index contributed by atoms with van der Waals surface area (Å²) in [7, 11) is 0. The molecule has 0 aromatic heterocycles. The lowest BCUT2D eigenvalue weighted by Gasteiger charge is -2.08. The maximum atomic E-state index is 3.56. The third-order valence-electron chi connectivity index (χ3n) is 3.17. The fourth-order valence-corrected chi connectivity index (χ4v) is 2.32. The van der Waals surface area contributed by atoms with E-state index in [0.29, 0.717) is 0 Å². The summed E-state index contributed by atoms with van der Waals surface area (Å²) in [4.78, 5) is 0. The van der Waals surface area contributed by atoms with E-state index in [4.69, 9.17) is 0 Å². The first-order valence-corrected chi connectivity index (χ1v) is 6.96. The molecule has 2 aromatic rings. The summed E-state index contributed by atoms with van der Waals surface area (Å²) in [5.74, 6) is 0. The van der Waals surface area contributed by atoms with Crippen LogP contribution in [0.2, 0.25) is 0 Å². The molecule has 2 aromatic carbocycles. The lowest BCUT2D eigenvalue weighted by atomic mass is 10.1. The van der Waals surface area contributed by atoms with Crippen LogP contribution in [0, 0.1) is 13.8 Å². The standard InChI is InChI=1S/C16H18BrN/c1-12-7-8-14(9-13(12)2)10-18-11-15-5-3-4-6-16(15)17/h3-9,18H,10-11H2,1-2H3. The summed E-state index contributed by atoms with van der Waals surface area (Å²) in [6.07, 6.45) is 0. The van der Waals surface area contributed by atoms with Crippen molar-refractivity contribution in [1.82, 2.24) is 5.32 Å². The van der Waals surface area contributed by atoms with Gasteiger partial charge in [0.25, 0.3) is 0 Å². The van der Waals surface area contributed by atoms with E-state index in [9.17, 15) is 0 Å². The summed E-state index contributed by atoms with van der Waals surface area (Å²) in [6, 6.07) is 14.9. The van der Waals surface area contributed by atoms with E-state index in [2.05, 4.69) is 71.5 Å². The molecule has 0 aliphatic carbocycles. The van der Waals surface area contributed by atoms with Crippen LogP contribution in [-0.2, 0) is 13.1 Å². The molecule has 0 fully saturated rings. The monoisotopic (exact) mass is 303 g/mol. The highest BCUT2D eigenvalue weighted by Crippen LogP contribution is 2.15. The quantitative estimate of drug-likeness (QED) is 0.885. The summed E-state index contributed by atoms with van der Waals surface area (Å²) in [5.41, 5.74) is 5.34. The molecule has 0 heterocycles. The molecule has 94 valence electrons. The van der Waals surface area contributed by atoms with E-state index < -0.39 is 0 Å². The maximum absolute atomic E-state index is 3.56. The van der Waals surface area contributed by atoms with Crippen LogP contribution in [-0.4, -0.2) is 0 Å². The Morgan fingerprint density at radius 1 is 0.944 bits per heavy atom. The first-order chi connectivity index (χ1) is 8.66. The Labute approximate surface area is 117 Å². The lowest BCUT2D eigenvalue weighted by Crippen LogP contribution is -2.13. The molecular weight excluding hydrogens is 286 g/mol. The van der Waals surface area contributed by atoms with Gasteiger partial charge in [0.1, 0.15) is 0 Å². The van der Waals surface area contributed by atoms with Gasteiger partial charge in [-0.3, -0.25) is 0 Å². The summed E-state index contributed by atoms with van der Waals surface area (Å²) < 4.78 is 1.16. The van der Waals surface area contributed by atoms with Crippen LogP contribution < -0.4 is 5.32 Å². The zero-order chi connectivity index (χ0) is 13.0. The highest BCUT2D eigenvalue weighted by molar-refractivity contribution is 9.10. The molecule has 0 amide bonds. The van der Waals surface area contributed by atoms with E-state index in [1.807, 2.05) is 6.07 Å². The van der Waals surface area contributed by atoms with Crippen LogP contribution >= 0.6 is 15.9 Å². The van der Waals surface area contributed by atoms with Gasteiger partial charge >= 0.3 is 0 Å². The topological polar surface area (TPSA) is 12.0 Å². The zero-order valence-electron chi connectivity index (χ0n) is 10.8. The van der Waals surface area contributed by atoms with Gasteiger partial charge in [-0.15, -0.1) is 0 Å². The smallest absolute Gasteiger partial charge is 0.0220 e. The second kappa shape index (κ2) is 6.17. The molecule has 0 saturated carbocycles. The van der Waals surface area contributed by atoms with Gasteiger partial charge in [-0.05, 0) is 42.2 Å². The van der Waals surface area contributed by atoms with Crippen LogP contribution in [0.4, 0.5) is 0 Å². The van der Waals surface area contributed by atoms with E-state index in [1.165, 1.54) is 22.3 Å². The Morgan fingerprint density at radius 2 is 1.72 bits per heavy atom. The molecule has 0 atom stereocenters. The van der Waals surface area contributed by atoms with Crippen LogP contribution in [0.15, 0.2) is 46.9 Å². The number of nitrogens with one attached hydrogen (secondary N) is 1. The Bertz CT molecular complexity index is 534. The number of rotatable bonds is 4. The number of halogens is 1. The van der Waals surface area contributed by atoms with Gasteiger partial charge in [0.2, 0.25) is 0 Å². The van der Waals surface area contributed by atoms with Crippen molar-refractivity contribution in [3.63, 3.8) is 0 Å². The predicted molar refractivity (Wildman–Crippen MR) is 80.6 cm³/mol. The zero-order valence-corrected chi connectivity index (χ0v) is 12.4. The van der Waals surface area contributed by atoms with Gasteiger partial charge < -0.3 is 5.32 Å². The van der Waals surface area contributed by atoms with E-state index in [-0.39, 0.29) is 0 Å². The average molecular weight is 304 g/mol. The molecule has 18 heavy (non-hydrogen) atoms. The van der Waals surface area contributed by atoms with Crippen LogP contribution in [0.1, 0.15) is 22.3 Å². The SMILES string of the molecule is Cc1ccc(CNCc2ccccc2Br)cc1C. The molecule has 2 heteroatoms. The van der Waals surface area contributed by atoms with Crippen molar-refractivity contribution in [2.75, 3.05) is 0 Å². The summed E-state index contributed by atoms with van der Waals surface area (Å²) in [6.45, 7) is 6.09. The minimum atomic E-state index is 0.883. The molecule has 0 aliphatic rings. The average Bonchev–Trinajstić information content (AvgIpc) is 2.36. The van der Waals surface area contributed by atoms with Crippen molar-refractivity contribution in [1.29, 1.82) is 0 Å². The highest BCUT2D eigenvalue weighted by Gasteiger charge is 1.99. The first-order valence-electron chi connectivity index (χ1n) is 6.17. The largest absolute Gasteiger partial charge is 0.309 e. The molecule has 0 aliphatic heterocycles. The molecular formula is C16H18BrN. The third kappa shape index (κ3) is 3.44. The molecule has 0 saturated heterocycles. The number of hydrogen-bond donors (Lipinski definition) is 1. The van der Waals surface area contributed by atoms with Gasteiger partial charge in [-0.25, -0.2) is 0 Å². The number of benzene rings is 2. The highest BCUT2D eigenvalue weighted by atomic mass is 79.9. The molecule has 0 bridgehead atoms. The van der Waals surface area contributed by atoms with Crippen molar-refractivity contribution < 1.29 is 0 Å². The predicted octanol–water partition coefficient (Wildman–Crippen LogP) is 4.36. The normalized spacial score (nSPS) is 10.6. The molecule has 0 spiro atoms. The fourth-order valence-electron chi connectivity index (χ4n) is 1.90. The lowest BCUT2D eigenvalue weighted by molar-refractivity contribution is 0.691. The van der Waals surface area contributed by atoms with Crippen LogP contribution in [0.5, 0.6) is 0 Å².